The molecular formula is C16H7Cl3. The molecule has 4 aromatic rings. The molecule has 0 N–H and O–H groups in total. The van der Waals surface area contributed by atoms with Crippen LogP contribution in [-0.2, 0) is 0 Å². The maximum Gasteiger partial charge on any atom is 0.0500 e. The third kappa shape index (κ3) is 1.48. The highest BCUT2D eigenvalue weighted by atomic mass is 35.5. The Kier molecular flexibility index (Phi) is 2.38. The molecule has 4 aromatic carbocycles. The molecule has 3 heteroatoms. The van der Waals surface area contributed by atoms with E-state index in [1.54, 1.807) is 6.07 Å². The topological polar surface area (TPSA) is 0 Å². The van der Waals surface area contributed by atoms with Crippen LogP contribution in [0.4, 0.5) is 0 Å². The molecule has 0 aliphatic carbocycles. The molecule has 0 saturated carbocycles. The van der Waals surface area contributed by atoms with Gasteiger partial charge in [0.2, 0.25) is 0 Å². The summed E-state index contributed by atoms with van der Waals surface area (Å²) in [6.07, 6.45) is 0. The Balaban J connectivity index is 2.49. The van der Waals surface area contributed by atoms with Gasteiger partial charge in [0.1, 0.15) is 0 Å². The van der Waals surface area contributed by atoms with E-state index in [1.165, 1.54) is 0 Å². The lowest BCUT2D eigenvalue weighted by Gasteiger charge is -2.13. The van der Waals surface area contributed by atoms with Gasteiger partial charge in [0.25, 0.3) is 0 Å². The van der Waals surface area contributed by atoms with Gasteiger partial charge in [-0.1, -0.05) is 65.1 Å². The highest BCUT2D eigenvalue weighted by Gasteiger charge is 2.14. The summed E-state index contributed by atoms with van der Waals surface area (Å²) in [4.78, 5) is 0. The average molecular weight is 306 g/mol. The lowest BCUT2D eigenvalue weighted by molar-refractivity contribution is 1.77. The smallest absolute Gasteiger partial charge is 0.0500 e. The highest BCUT2D eigenvalue weighted by Crippen LogP contribution is 2.43. The Morgan fingerprint density at radius 2 is 1.26 bits per heavy atom. The van der Waals surface area contributed by atoms with Crippen molar-refractivity contribution >= 4 is 67.1 Å². The van der Waals surface area contributed by atoms with Crippen LogP contribution in [0.3, 0.4) is 0 Å². The van der Waals surface area contributed by atoms with E-state index >= 15 is 0 Å². The second-order valence-corrected chi connectivity index (χ2v) is 5.86. The van der Waals surface area contributed by atoms with E-state index in [0.29, 0.717) is 10.0 Å². The van der Waals surface area contributed by atoms with E-state index in [2.05, 4.69) is 12.1 Å². The molecule has 0 spiro atoms. The second-order valence-electron chi connectivity index (χ2n) is 4.64. The predicted molar refractivity (Wildman–Crippen MR) is 85.2 cm³/mol. The number of halogens is 3. The minimum absolute atomic E-state index is 0.637. The van der Waals surface area contributed by atoms with E-state index in [9.17, 15) is 0 Å². The zero-order chi connectivity index (χ0) is 13.1. The van der Waals surface area contributed by atoms with Crippen molar-refractivity contribution in [1.29, 1.82) is 0 Å². The molecule has 0 aliphatic heterocycles. The lowest BCUT2D eigenvalue weighted by atomic mass is 9.94. The first-order valence-electron chi connectivity index (χ1n) is 5.88. The second kappa shape index (κ2) is 3.89. The van der Waals surface area contributed by atoms with Gasteiger partial charge in [-0.05, 0) is 22.9 Å². The molecular weight excluding hydrogens is 299 g/mol. The molecule has 0 amide bonds. The van der Waals surface area contributed by atoms with Crippen LogP contribution in [0.5, 0.6) is 0 Å². The van der Waals surface area contributed by atoms with Crippen LogP contribution in [0.1, 0.15) is 0 Å². The molecule has 0 nitrogen and oxygen atoms in total. The van der Waals surface area contributed by atoms with Crippen LogP contribution in [0.15, 0.2) is 42.5 Å². The highest BCUT2D eigenvalue weighted by molar-refractivity contribution is 6.46. The van der Waals surface area contributed by atoms with Gasteiger partial charge in [-0.3, -0.25) is 0 Å². The first-order chi connectivity index (χ1) is 9.16. The third-order valence-corrected chi connectivity index (χ3v) is 4.55. The zero-order valence-electron chi connectivity index (χ0n) is 9.68. The molecule has 0 bridgehead atoms. The van der Waals surface area contributed by atoms with Crippen LogP contribution in [0.25, 0.3) is 32.3 Å². The van der Waals surface area contributed by atoms with E-state index in [-0.39, 0.29) is 0 Å². The molecule has 0 heterocycles. The summed E-state index contributed by atoms with van der Waals surface area (Å²) in [5, 5.41) is 8.41. The molecule has 0 aliphatic rings. The maximum atomic E-state index is 6.38. The lowest BCUT2D eigenvalue weighted by Crippen LogP contribution is -1.86. The summed E-state index contributed by atoms with van der Waals surface area (Å²) in [5.74, 6) is 0. The molecule has 4 rings (SSSR count). The van der Waals surface area contributed by atoms with Gasteiger partial charge < -0.3 is 0 Å². The van der Waals surface area contributed by atoms with Gasteiger partial charge in [-0.2, -0.15) is 0 Å². The number of benzene rings is 4. The number of rotatable bonds is 0. The monoisotopic (exact) mass is 304 g/mol. The first-order valence-corrected chi connectivity index (χ1v) is 7.01. The van der Waals surface area contributed by atoms with Crippen LogP contribution in [0, 0.1) is 0 Å². The van der Waals surface area contributed by atoms with Crippen molar-refractivity contribution in [3.8, 4) is 0 Å². The van der Waals surface area contributed by atoms with Gasteiger partial charge in [-0.25, -0.2) is 0 Å². The molecule has 19 heavy (non-hydrogen) atoms. The van der Waals surface area contributed by atoms with Crippen molar-refractivity contribution in [2.45, 2.75) is 0 Å². The molecule has 0 atom stereocenters. The van der Waals surface area contributed by atoms with E-state index in [1.807, 2.05) is 24.3 Å². The number of hydrogen-bond acceptors (Lipinski definition) is 0. The fourth-order valence-electron chi connectivity index (χ4n) is 2.79. The summed E-state index contributed by atoms with van der Waals surface area (Å²) >= 11 is 19.0. The van der Waals surface area contributed by atoms with E-state index in [0.717, 1.165) is 37.3 Å². The summed E-state index contributed by atoms with van der Waals surface area (Å²) in [7, 11) is 0. The fraction of sp³-hybridized carbons (Fsp3) is 0. The summed E-state index contributed by atoms with van der Waals surface area (Å²) in [6.45, 7) is 0. The zero-order valence-corrected chi connectivity index (χ0v) is 11.9. The summed E-state index contributed by atoms with van der Waals surface area (Å²) in [5.41, 5.74) is 0. The van der Waals surface area contributed by atoms with Crippen LogP contribution in [0.2, 0.25) is 15.1 Å². The summed E-state index contributed by atoms with van der Waals surface area (Å²) in [6, 6.07) is 13.9. The minimum atomic E-state index is 0.637. The van der Waals surface area contributed by atoms with Crippen LogP contribution < -0.4 is 0 Å². The van der Waals surface area contributed by atoms with Crippen molar-refractivity contribution in [1.82, 2.24) is 0 Å². The maximum absolute atomic E-state index is 6.38. The molecule has 0 radical (unpaired) electrons. The molecule has 0 aromatic heterocycles. The Labute approximate surface area is 124 Å². The molecule has 0 fully saturated rings. The Hall–Kier alpha value is -1.21. The normalized spacial score (nSPS) is 11.9. The van der Waals surface area contributed by atoms with Gasteiger partial charge >= 0.3 is 0 Å². The van der Waals surface area contributed by atoms with Crippen LogP contribution >= 0.6 is 34.8 Å². The average Bonchev–Trinajstić information content (AvgIpc) is 2.41. The van der Waals surface area contributed by atoms with Crippen molar-refractivity contribution < 1.29 is 0 Å². The first kappa shape index (κ1) is 11.6. The third-order valence-electron chi connectivity index (χ3n) is 3.61. The van der Waals surface area contributed by atoms with Crippen LogP contribution in [-0.4, -0.2) is 0 Å². The van der Waals surface area contributed by atoms with Gasteiger partial charge in [0.05, 0.1) is 0 Å². The SMILES string of the molecule is Clc1cc2c(Cl)cc(Cl)c3ccc4cccc1c4c32. The van der Waals surface area contributed by atoms with Gasteiger partial charge in [0, 0.05) is 36.6 Å². The minimum Gasteiger partial charge on any atom is -0.0836 e. The van der Waals surface area contributed by atoms with Gasteiger partial charge in [-0.15, -0.1) is 0 Å². The van der Waals surface area contributed by atoms with Crippen molar-refractivity contribution in [2.75, 3.05) is 0 Å². The number of hydrogen-bond donors (Lipinski definition) is 0. The van der Waals surface area contributed by atoms with E-state index < -0.39 is 0 Å². The van der Waals surface area contributed by atoms with Gasteiger partial charge in [0.15, 0.2) is 0 Å². The Morgan fingerprint density at radius 1 is 0.579 bits per heavy atom. The quantitative estimate of drug-likeness (QED) is 0.323. The molecule has 92 valence electrons. The van der Waals surface area contributed by atoms with Crippen molar-refractivity contribution in [3.05, 3.63) is 57.5 Å². The largest absolute Gasteiger partial charge is 0.0836 e. The standard InChI is InChI=1S/C16H7Cl3/c17-12-6-11-14(19)7-13(18)10-5-4-8-2-1-3-9(12)15(8)16(10)11/h1-7H. The summed E-state index contributed by atoms with van der Waals surface area (Å²) < 4.78 is 0. The molecule has 0 unspecified atom stereocenters. The van der Waals surface area contributed by atoms with E-state index in [4.69, 9.17) is 34.8 Å². The molecule has 0 saturated heterocycles. The van der Waals surface area contributed by atoms with Crippen molar-refractivity contribution in [2.24, 2.45) is 0 Å². The Bertz CT molecular complexity index is 941. The predicted octanol–water partition coefficient (Wildman–Crippen LogP) is 6.54. The van der Waals surface area contributed by atoms with Crippen molar-refractivity contribution in [3.63, 3.8) is 0 Å². The fourth-order valence-corrected chi connectivity index (χ4v) is 3.64. The Morgan fingerprint density at radius 3 is 2.11 bits per heavy atom.